The molecule has 138 valence electrons. The number of amides is 5. The van der Waals surface area contributed by atoms with Crippen molar-refractivity contribution in [3.05, 3.63) is 45.3 Å². The zero-order valence-electron chi connectivity index (χ0n) is 14.1. The smallest absolute Gasteiger partial charge is 0.262 e. The van der Waals surface area contributed by atoms with E-state index in [4.69, 9.17) is 5.53 Å². The van der Waals surface area contributed by atoms with Gasteiger partial charge < -0.3 is 5.32 Å². The molecule has 3 rings (SSSR count). The number of hydrogen-bond acceptors (Lipinski definition) is 6. The van der Waals surface area contributed by atoms with E-state index in [-0.39, 0.29) is 29.5 Å². The first-order valence-electron chi connectivity index (χ1n) is 8.01. The molecule has 0 bridgehead atoms. The SMILES string of the molecule is CC(=O)NC(N=[N+]=[N-])c1cccc2c1C(=O)N(C1CCC(=O)NC1=O)C2=O. The number of rotatable bonds is 4. The first-order valence-corrected chi connectivity index (χ1v) is 8.01. The van der Waals surface area contributed by atoms with E-state index in [1.54, 1.807) is 0 Å². The van der Waals surface area contributed by atoms with Gasteiger partial charge in [-0.1, -0.05) is 17.2 Å². The molecule has 1 aromatic rings. The highest BCUT2D eigenvalue weighted by Gasteiger charge is 2.46. The van der Waals surface area contributed by atoms with Crippen LogP contribution in [0.1, 0.15) is 52.2 Å². The molecule has 1 aromatic carbocycles. The summed E-state index contributed by atoms with van der Waals surface area (Å²) in [5.74, 6) is -3.13. The van der Waals surface area contributed by atoms with E-state index >= 15 is 0 Å². The molecule has 11 nitrogen and oxygen atoms in total. The molecule has 2 atom stereocenters. The summed E-state index contributed by atoms with van der Waals surface area (Å²) in [7, 11) is 0. The van der Waals surface area contributed by atoms with Crippen molar-refractivity contribution in [2.45, 2.75) is 32.0 Å². The number of nitrogens with zero attached hydrogens (tertiary/aromatic N) is 4. The van der Waals surface area contributed by atoms with E-state index in [1.807, 2.05) is 0 Å². The number of carbonyl (C=O) groups is 5. The Morgan fingerprint density at radius 2 is 2.07 bits per heavy atom. The average molecular weight is 370 g/mol. The Morgan fingerprint density at radius 1 is 1.33 bits per heavy atom. The molecular formula is C16H14N6O5. The third-order valence-corrected chi connectivity index (χ3v) is 4.30. The molecule has 11 heteroatoms. The predicted octanol–water partition coefficient (Wildman–Crippen LogP) is 0.533. The second-order valence-electron chi connectivity index (χ2n) is 6.02. The van der Waals surface area contributed by atoms with E-state index in [1.165, 1.54) is 25.1 Å². The molecule has 2 N–H and O–H groups in total. The molecule has 0 aliphatic carbocycles. The zero-order valence-corrected chi connectivity index (χ0v) is 14.1. The summed E-state index contributed by atoms with van der Waals surface area (Å²) < 4.78 is 0. The Morgan fingerprint density at radius 3 is 2.70 bits per heavy atom. The number of azide groups is 1. The highest BCUT2D eigenvalue weighted by Crippen LogP contribution is 2.32. The van der Waals surface area contributed by atoms with Gasteiger partial charge in [-0.2, -0.15) is 0 Å². The van der Waals surface area contributed by atoms with Crippen LogP contribution < -0.4 is 10.6 Å². The number of fused-ring (bicyclic) bond motifs is 1. The van der Waals surface area contributed by atoms with Crippen LogP contribution in [-0.2, 0) is 14.4 Å². The molecule has 2 aliphatic rings. The second-order valence-corrected chi connectivity index (χ2v) is 6.02. The van der Waals surface area contributed by atoms with Gasteiger partial charge in [-0.15, -0.1) is 0 Å². The molecule has 0 spiro atoms. The Bertz CT molecular complexity index is 935. The first-order chi connectivity index (χ1) is 12.8. The van der Waals surface area contributed by atoms with Crippen LogP contribution in [0.25, 0.3) is 10.4 Å². The van der Waals surface area contributed by atoms with Crippen molar-refractivity contribution in [3.63, 3.8) is 0 Å². The molecule has 5 amide bonds. The standard InChI is InChI=1S/C16H14N6O5/c1-7(23)18-13(20-21-17)8-3-2-4-9-12(8)16(27)22(15(9)26)10-5-6-11(24)19-14(10)25/h2-4,10,13H,5-6H2,1H3,(H,18,23)(H,19,24,25). The minimum absolute atomic E-state index is 0.00388. The number of nitrogens with one attached hydrogen (secondary N) is 2. The van der Waals surface area contributed by atoms with Crippen LogP contribution in [0.3, 0.4) is 0 Å². The first kappa shape index (κ1) is 18.1. The molecule has 2 heterocycles. The summed E-state index contributed by atoms with van der Waals surface area (Å²) in [5.41, 5.74) is 8.89. The van der Waals surface area contributed by atoms with Crippen LogP contribution in [0.4, 0.5) is 0 Å². The fourth-order valence-corrected chi connectivity index (χ4v) is 3.18. The Kier molecular flexibility index (Phi) is 4.61. The van der Waals surface area contributed by atoms with Gasteiger partial charge in [0, 0.05) is 18.3 Å². The minimum Gasteiger partial charge on any atom is -0.344 e. The van der Waals surface area contributed by atoms with Gasteiger partial charge in [0.1, 0.15) is 12.2 Å². The maximum atomic E-state index is 12.9. The predicted molar refractivity (Wildman–Crippen MR) is 88.8 cm³/mol. The van der Waals surface area contributed by atoms with Crippen LogP contribution >= 0.6 is 0 Å². The number of carbonyl (C=O) groups excluding carboxylic acids is 5. The number of hydrogen-bond donors (Lipinski definition) is 2. The lowest BCUT2D eigenvalue weighted by Gasteiger charge is -2.28. The number of benzene rings is 1. The Balaban J connectivity index is 2.04. The fourth-order valence-electron chi connectivity index (χ4n) is 3.18. The lowest BCUT2D eigenvalue weighted by atomic mass is 10.0. The Labute approximate surface area is 152 Å². The maximum absolute atomic E-state index is 12.9. The van der Waals surface area contributed by atoms with Crippen molar-refractivity contribution in [2.75, 3.05) is 0 Å². The minimum atomic E-state index is -1.19. The third-order valence-electron chi connectivity index (χ3n) is 4.30. The largest absolute Gasteiger partial charge is 0.344 e. The van der Waals surface area contributed by atoms with E-state index in [0.29, 0.717) is 0 Å². The molecule has 1 fully saturated rings. The second kappa shape index (κ2) is 6.89. The lowest BCUT2D eigenvalue weighted by Crippen LogP contribution is -2.54. The van der Waals surface area contributed by atoms with Crippen LogP contribution in [0.15, 0.2) is 23.3 Å². The molecule has 0 aromatic heterocycles. The monoisotopic (exact) mass is 370 g/mol. The van der Waals surface area contributed by atoms with Crippen molar-refractivity contribution >= 4 is 29.5 Å². The van der Waals surface area contributed by atoms with Gasteiger partial charge >= 0.3 is 0 Å². The van der Waals surface area contributed by atoms with Crippen molar-refractivity contribution in [3.8, 4) is 0 Å². The van der Waals surface area contributed by atoms with Crippen LogP contribution in [0.2, 0.25) is 0 Å². The maximum Gasteiger partial charge on any atom is 0.262 e. The molecule has 1 saturated heterocycles. The average Bonchev–Trinajstić information content (AvgIpc) is 2.86. The van der Waals surface area contributed by atoms with Crippen molar-refractivity contribution < 1.29 is 24.0 Å². The van der Waals surface area contributed by atoms with Gasteiger partial charge in [0.2, 0.25) is 17.7 Å². The summed E-state index contributed by atoms with van der Waals surface area (Å²) in [4.78, 5) is 64.0. The van der Waals surface area contributed by atoms with E-state index in [0.717, 1.165) is 4.90 Å². The van der Waals surface area contributed by atoms with E-state index in [9.17, 15) is 24.0 Å². The molecule has 0 saturated carbocycles. The summed E-state index contributed by atoms with van der Waals surface area (Å²) in [6.45, 7) is 1.21. The fraction of sp³-hybridized carbons (Fsp3) is 0.312. The quantitative estimate of drug-likeness (QED) is 0.341. The number of piperidine rings is 1. The zero-order chi connectivity index (χ0) is 19.7. The molecule has 2 aliphatic heterocycles. The van der Waals surface area contributed by atoms with Gasteiger partial charge in [0.15, 0.2) is 0 Å². The molecular weight excluding hydrogens is 356 g/mol. The molecule has 0 radical (unpaired) electrons. The van der Waals surface area contributed by atoms with Crippen LogP contribution in [-0.4, -0.2) is 40.5 Å². The van der Waals surface area contributed by atoms with Gasteiger partial charge in [-0.3, -0.25) is 34.2 Å². The molecule has 2 unspecified atom stereocenters. The van der Waals surface area contributed by atoms with Gasteiger partial charge in [0.25, 0.3) is 11.8 Å². The van der Waals surface area contributed by atoms with Crippen molar-refractivity contribution in [1.29, 1.82) is 0 Å². The highest BCUT2D eigenvalue weighted by atomic mass is 16.2. The van der Waals surface area contributed by atoms with Crippen LogP contribution in [0.5, 0.6) is 0 Å². The summed E-state index contributed by atoms with van der Waals surface area (Å²) >= 11 is 0. The lowest BCUT2D eigenvalue weighted by molar-refractivity contribution is -0.136. The highest BCUT2D eigenvalue weighted by molar-refractivity contribution is 6.24. The van der Waals surface area contributed by atoms with Crippen molar-refractivity contribution in [1.82, 2.24) is 15.5 Å². The van der Waals surface area contributed by atoms with E-state index in [2.05, 4.69) is 20.7 Å². The summed E-state index contributed by atoms with van der Waals surface area (Å²) in [5, 5.41) is 7.99. The Hall–Kier alpha value is -3.72. The van der Waals surface area contributed by atoms with Crippen molar-refractivity contribution in [2.24, 2.45) is 5.11 Å². The van der Waals surface area contributed by atoms with E-state index < -0.39 is 41.7 Å². The van der Waals surface area contributed by atoms with Crippen LogP contribution in [0, 0.1) is 0 Å². The van der Waals surface area contributed by atoms with Gasteiger partial charge in [-0.05, 0) is 23.6 Å². The summed E-state index contributed by atoms with van der Waals surface area (Å²) in [6, 6.07) is 3.23. The topological polar surface area (TPSA) is 161 Å². The summed E-state index contributed by atoms with van der Waals surface area (Å²) in [6.07, 6.45) is -1.16. The number of imide groups is 2. The van der Waals surface area contributed by atoms with Gasteiger partial charge in [-0.25, -0.2) is 0 Å². The molecule has 27 heavy (non-hydrogen) atoms. The van der Waals surface area contributed by atoms with Gasteiger partial charge in [0.05, 0.1) is 11.1 Å². The normalized spacial score (nSPS) is 19.9. The third kappa shape index (κ3) is 3.11.